The van der Waals surface area contributed by atoms with Gasteiger partial charge in [0, 0.05) is 11.1 Å². The summed E-state index contributed by atoms with van der Waals surface area (Å²) in [6.45, 7) is 1.80. The quantitative estimate of drug-likeness (QED) is 0.527. The lowest BCUT2D eigenvalue weighted by Crippen LogP contribution is -2.43. The molecule has 0 aromatic heterocycles. The number of hydrogen-bond acceptors (Lipinski definition) is 9. The molecule has 2 unspecified atom stereocenters. The Balaban J connectivity index is 2.06. The molecule has 0 bridgehead atoms. The monoisotopic (exact) mass is 456 g/mol. The van der Waals surface area contributed by atoms with Gasteiger partial charge in [-0.2, -0.15) is 10.2 Å². The van der Waals surface area contributed by atoms with Crippen molar-refractivity contribution in [2.75, 3.05) is 40.3 Å². The summed E-state index contributed by atoms with van der Waals surface area (Å²) in [5, 5.41) is 20.9. The number of rotatable bonds is 9. The van der Waals surface area contributed by atoms with Crippen LogP contribution in [0.2, 0.25) is 0 Å². The van der Waals surface area contributed by atoms with Crippen molar-refractivity contribution in [3.63, 3.8) is 0 Å². The maximum Gasteiger partial charge on any atom is 0.244 e. The van der Waals surface area contributed by atoms with Crippen LogP contribution in [-0.4, -0.2) is 58.1 Å². The number of nitrogens with one attached hydrogen (secondary N) is 1. The van der Waals surface area contributed by atoms with E-state index in [2.05, 4.69) is 15.5 Å². The minimum absolute atomic E-state index is 0.346. The summed E-state index contributed by atoms with van der Waals surface area (Å²) >= 11 is 0. The summed E-state index contributed by atoms with van der Waals surface area (Å²) in [7, 11) is 6.13. The van der Waals surface area contributed by atoms with Gasteiger partial charge < -0.3 is 35.1 Å². The lowest BCUT2D eigenvalue weighted by Gasteiger charge is -2.17. The molecule has 0 saturated heterocycles. The van der Waals surface area contributed by atoms with Crippen molar-refractivity contribution in [2.24, 2.45) is 16.0 Å². The van der Waals surface area contributed by atoms with Crippen LogP contribution in [-0.2, 0) is 4.79 Å². The molecule has 0 spiro atoms. The van der Waals surface area contributed by atoms with E-state index in [4.69, 9.17) is 24.7 Å². The standard InChI is InChI=1S/C23H28N4O6/c1-12(28)20(24)23(29)26-16-8-13(6-7-17(16)30-2)15-11-25-27-21(15)14-9-18(31-3)22(33-5)19(10-14)32-4/h6-10,12,20,28H,11,24H2,1-5H3,(H,26,29). The highest BCUT2D eigenvalue weighted by Crippen LogP contribution is 2.43. The van der Waals surface area contributed by atoms with Crippen LogP contribution >= 0.6 is 0 Å². The molecule has 176 valence electrons. The zero-order chi connectivity index (χ0) is 24.1. The van der Waals surface area contributed by atoms with Gasteiger partial charge in [0.2, 0.25) is 11.7 Å². The third kappa shape index (κ3) is 4.91. The molecule has 1 amide bonds. The maximum atomic E-state index is 12.4. The first-order valence-electron chi connectivity index (χ1n) is 10.2. The third-order valence-electron chi connectivity index (χ3n) is 5.25. The fourth-order valence-electron chi connectivity index (χ4n) is 3.42. The Morgan fingerprint density at radius 3 is 2.18 bits per heavy atom. The van der Waals surface area contributed by atoms with Gasteiger partial charge in [-0.15, -0.1) is 0 Å². The van der Waals surface area contributed by atoms with E-state index < -0.39 is 18.1 Å². The van der Waals surface area contributed by atoms with Crippen molar-refractivity contribution in [3.05, 3.63) is 41.5 Å². The summed E-state index contributed by atoms with van der Waals surface area (Å²) in [5.74, 6) is 1.39. The van der Waals surface area contributed by atoms with Gasteiger partial charge in [0.25, 0.3) is 0 Å². The minimum atomic E-state index is -1.08. The van der Waals surface area contributed by atoms with E-state index in [1.54, 1.807) is 38.5 Å². The number of aliphatic hydroxyl groups excluding tert-OH is 1. The molecule has 2 aromatic rings. The molecule has 2 aromatic carbocycles. The largest absolute Gasteiger partial charge is 0.495 e. The van der Waals surface area contributed by atoms with Crippen LogP contribution in [0, 0.1) is 0 Å². The number of hydrogen-bond donors (Lipinski definition) is 3. The molecule has 1 heterocycles. The van der Waals surface area contributed by atoms with E-state index in [-0.39, 0.29) is 0 Å². The highest BCUT2D eigenvalue weighted by Gasteiger charge is 2.23. The van der Waals surface area contributed by atoms with E-state index in [0.29, 0.717) is 40.9 Å². The average Bonchev–Trinajstić information content (AvgIpc) is 3.32. The molecule has 0 saturated carbocycles. The van der Waals surface area contributed by atoms with Crippen LogP contribution in [0.25, 0.3) is 11.3 Å². The van der Waals surface area contributed by atoms with Crippen LogP contribution in [0.5, 0.6) is 23.0 Å². The van der Waals surface area contributed by atoms with Crippen LogP contribution in [0.3, 0.4) is 0 Å². The number of carbonyl (C=O) groups is 1. The molecule has 0 fully saturated rings. The Kier molecular flexibility index (Phi) is 7.52. The minimum Gasteiger partial charge on any atom is -0.495 e. The van der Waals surface area contributed by atoms with Crippen molar-refractivity contribution >= 4 is 22.9 Å². The molecule has 0 radical (unpaired) electrons. The molecule has 0 aliphatic carbocycles. The number of methoxy groups -OCH3 is 4. The fourth-order valence-corrected chi connectivity index (χ4v) is 3.42. The number of anilines is 1. The molecule has 10 nitrogen and oxygen atoms in total. The SMILES string of the molecule is COc1ccc(C2=C(c3cc(OC)c(OC)c(OC)c3)N=NC2)cc1NC(=O)C(N)C(C)O. The fraction of sp³-hybridized carbons (Fsp3) is 0.348. The van der Waals surface area contributed by atoms with E-state index in [1.165, 1.54) is 21.1 Å². The summed E-state index contributed by atoms with van der Waals surface area (Å²) in [6.07, 6.45) is -0.999. The van der Waals surface area contributed by atoms with Gasteiger partial charge in [-0.05, 0) is 36.8 Å². The van der Waals surface area contributed by atoms with Crippen molar-refractivity contribution in [1.82, 2.24) is 0 Å². The number of aliphatic hydroxyl groups is 1. The molecule has 3 rings (SSSR count). The van der Waals surface area contributed by atoms with Crippen LogP contribution in [0.4, 0.5) is 5.69 Å². The van der Waals surface area contributed by atoms with Gasteiger partial charge in [0.05, 0.1) is 52.5 Å². The Labute approximate surface area is 192 Å². The Morgan fingerprint density at radius 2 is 1.64 bits per heavy atom. The second-order valence-corrected chi connectivity index (χ2v) is 7.31. The van der Waals surface area contributed by atoms with Crippen LogP contribution in [0.1, 0.15) is 18.1 Å². The van der Waals surface area contributed by atoms with Gasteiger partial charge in [-0.3, -0.25) is 4.79 Å². The topological polar surface area (TPSA) is 137 Å². The van der Waals surface area contributed by atoms with Gasteiger partial charge in [0.1, 0.15) is 11.8 Å². The van der Waals surface area contributed by atoms with Crippen molar-refractivity contribution < 1.29 is 28.8 Å². The molecule has 33 heavy (non-hydrogen) atoms. The van der Waals surface area contributed by atoms with Crippen molar-refractivity contribution in [2.45, 2.75) is 19.1 Å². The number of carbonyl (C=O) groups excluding carboxylic acids is 1. The number of azo groups is 1. The predicted octanol–water partition coefficient (Wildman–Crippen LogP) is 2.70. The molecule has 2 atom stereocenters. The number of ether oxygens (including phenoxy) is 4. The summed E-state index contributed by atoms with van der Waals surface area (Å²) < 4.78 is 21.7. The highest BCUT2D eigenvalue weighted by atomic mass is 16.5. The number of amides is 1. The lowest BCUT2D eigenvalue weighted by atomic mass is 9.99. The number of benzene rings is 2. The first kappa shape index (κ1) is 24.0. The Morgan fingerprint density at radius 1 is 1.00 bits per heavy atom. The zero-order valence-electron chi connectivity index (χ0n) is 19.2. The lowest BCUT2D eigenvalue weighted by molar-refractivity contribution is -0.119. The van der Waals surface area contributed by atoms with Crippen LogP contribution in [0.15, 0.2) is 40.6 Å². The Hall–Kier alpha value is -3.63. The summed E-state index contributed by atoms with van der Waals surface area (Å²) in [6, 6.07) is 7.87. The summed E-state index contributed by atoms with van der Waals surface area (Å²) in [4.78, 5) is 12.4. The predicted molar refractivity (Wildman–Crippen MR) is 124 cm³/mol. The first-order valence-corrected chi connectivity index (χ1v) is 10.2. The molecule has 4 N–H and O–H groups in total. The molecular weight excluding hydrogens is 428 g/mol. The zero-order valence-corrected chi connectivity index (χ0v) is 19.2. The molecule has 1 aliphatic heterocycles. The van der Waals surface area contributed by atoms with E-state index in [1.807, 2.05) is 6.07 Å². The normalized spacial score (nSPS) is 14.6. The van der Waals surface area contributed by atoms with Crippen LogP contribution < -0.4 is 30.0 Å². The van der Waals surface area contributed by atoms with Crippen molar-refractivity contribution in [3.8, 4) is 23.0 Å². The van der Waals surface area contributed by atoms with Gasteiger partial charge in [0.15, 0.2) is 11.5 Å². The van der Waals surface area contributed by atoms with E-state index >= 15 is 0 Å². The van der Waals surface area contributed by atoms with E-state index in [9.17, 15) is 9.90 Å². The third-order valence-corrected chi connectivity index (χ3v) is 5.25. The highest BCUT2D eigenvalue weighted by molar-refractivity contribution is 5.98. The molecule has 10 heteroatoms. The maximum absolute atomic E-state index is 12.4. The van der Waals surface area contributed by atoms with Gasteiger partial charge in [-0.1, -0.05) is 6.07 Å². The van der Waals surface area contributed by atoms with Gasteiger partial charge >= 0.3 is 0 Å². The smallest absolute Gasteiger partial charge is 0.244 e. The Bertz CT molecular complexity index is 1070. The first-order chi connectivity index (χ1) is 15.8. The average molecular weight is 456 g/mol. The van der Waals surface area contributed by atoms with Gasteiger partial charge in [-0.25, -0.2) is 0 Å². The second-order valence-electron chi connectivity index (χ2n) is 7.31. The van der Waals surface area contributed by atoms with Crippen molar-refractivity contribution in [1.29, 1.82) is 0 Å². The van der Waals surface area contributed by atoms with E-state index in [0.717, 1.165) is 16.7 Å². The number of nitrogens with two attached hydrogens (primary N) is 1. The summed E-state index contributed by atoms with van der Waals surface area (Å²) in [5.41, 5.74) is 9.17. The molecule has 1 aliphatic rings. The molecular formula is C23H28N4O6. The second kappa shape index (κ2) is 10.3. The number of nitrogens with zero attached hydrogens (tertiary/aromatic N) is 2.